The maximum Gasteiger partial charge on any atom is 0.414 e. The molecule has 0 spiro atoms. The highest BCUT2D eigenvalue weighted by Gasteiger charge is 2.27. The summed E-state index contributed by atoms with van der Waals surface area (Å²) in [5, 5.41) is 0. The summed E-state index contributed by atoms with van der Waals surface area (Å²) in [5.41, 5.74) is 5.58. The fraction of sp³-hybridized carbons (Fsp3) is 0.417. The molecule has 3 aliphatic rings. The van der Waals surface area contributed by atoms with Crippen molar-refractivity contribution >= 4 is 17.7 Å². The molecule has 2 aliphatic heterocycles. The number of rotatable bonds is 5. The fourth-order valence-electron chi connectivity index (χ4n) is 4.64. The van der Waals surface area contributed by atoms with Crippen LogP contribution in [-0.2, 0) is 28.9 Å². The van der Waals surface area contributed by atoms with Crippen LogP contribution in [-0.4, -0.2) is 49.3 Å². The average Bonchev–Trinajstić information content (AvgIpc) is 3.49. The summed E-state index contributed by atoms with van der Waals surface area (Å²) in [7, 11) is 0. The van der Waals surface area contributed by atoms with Gasteiger partial charge in [-0.3, -0.25) is 9.80 Å². The molecule has 0 radical (unpaired) electrons. The number of hydrogen-bond acceptors (Lipinski definition) is 5. The number of esters is 1. The lowest BCUT2D eigenvalue weighted by Gasteiger charge is -2.17. The van der Waals surface area contributed by atoms with E-state index in [2.05, 4.69) is 23.1 Å². The molecule has 1 aliphatic carbocycles. The van der Waals surface area contributed by atoms with E-state index in [0.29, 0.717) is 18.7 Å². The molecular weight excluding hydrogens is 380 g/mol. The summed E-state index contributed by atoms with van der Waals surface area (Å²) in [6.45, 7) is 3.53. The number of likely N-dealkylation sites (tertiary alicyclic amines) is 1. The molecule has 2 saturated heterocycles. The Balaban J connectivity index is 1.15. The minimum absolute atomic E-state index is 0.0832. The Bertz CT molecular complexity index is 956. The van der Waals surface area contributed by atoms with Gasteiger partial charge in [-0.1, -0.05) is 18.2 Å². The highest BCUT2D eigenvalue weighted by molar-refractivity contribution is 5.92. The predicted molar refractivity (Wildman–Crippen MR) is 113 cm³/mol. The van der Waals surface area contributed by atoms with Gasteiger partial charge in [-0.25, -0.2) is 9.59 Å². The first-order chi connectivity index (χ1) is 14.7. The van der Waals surface area contributed by atoms with Crippen molar-refractivity contribution in [1.29, 1.82) is 0 Å². The van der Waals surface area contributed by atoms with Gasteiger partial charge in [-0.2, -0.15) is 0 Å². The van der Waals surface area contributed by atoms with E-state index in [1.54, 1.807) is 29.2 Å². The van der Waals surface area contributed by atoms with Crippen LogP contribution in [0.1, 0.15) is 39.9 Å². The third kappa shape index (κ3) is 3.92. The molecule has 0 bridgehead atoms. The van der Waals surface area contributed by atoms with Crippen molar-refractivity contribution in [2.75, 3.05) is 31.1 Å². The molecule has 2 aromatic carbocycles. The van der Waals surface area contributed by atoms with Crippen LogP contribution in [0.15, 0.2) is 42.5 Å². The largest absolute Gasteiger partial charge is 0.457 e. The molecule has 1 atom stereocenters. The molecule has 0 saturated carbocycles. The monoisotopic (exact) mass is 406 g/mol. The maximum absolute atomic E-state index is 12.5. The van der Waals surface area contributed by atoms with Gasteiger partial charge in [0.25, 0.3) is 0 Å². The van der Waals surface area contributed by atoms with E-state index in [1.807, 2.05) is 0 Å². The van der Waals surface area contributed by atoms with E-state index in [0.717, 1.165) is 31.7 Å². The third-order valence-electron chi connectivity index (χ3n) is 6.25. The molecule has 1 amide bonds. The number of cyclic esters (lactones) is 1. The summed E-state index contributed by atoms with van der Waals surface area (Å²) < 4.78 is 10.7. The van der Waals surface area contributed by atoms with E-state index < -0.39 is 0 Å². The van der Waals surface area contributed by atoms with Crippen LogP contribution in [0.5, 0.6) is 0 Å². The number of carbonyl (C=O) groups excluding carboxylic acids is 2. The molecule has 6 nitrogen and oxygen atoms in total. The zero-order valence-electron chi connectivity index (χ0n) is 17.0. The van der Waals surface area contributed by atoms with Crippen LogP contribution < -0.4 is 4.90 Å². The summed E-state index contributed by atoms with van der Waals surface area (Å²) in [4.78, 5) is 28.1. The fourth-order valence-corrected chi connectivity index (χ4v) is 4.64. The van der Waals surface area contributed by atoms with Gasteiger partial charge < -0.3 is 9.47 Å². The van der Waals surface area contributed by atoms with Gasteiger partial charge in [-0.05, 0) is 66.6 Å². The van der Waals surface area contributed by atoms with Crippen LogP contribution in [0.2, 0.25) is 0 Å². The molecule has 0 aromatic heterocycles. The Hall–Kier alpha value is -2.86. The second kappa shape index (κ2) is 8.11. The Labute approximate surface area is 176 Å². The molecule has 5 rings (SSSR count). The lowest BCUT2D eigenvalue weighted by molar-refractivity contribution is 0.0320. The number of aryl methyl sites for hydroxylation is 2. The Kier molecular flexibility index (Phi) is 5.17. The van der Waals surface area contributed by atoms with E-state index in [1.165, 1.54) is 36.0 Å². The van der Waals surface area contributed by atoms with Gasteiger partial charge in [0.2, 0.25) is 0 Å². The first-order valence-electron chi connectivity index (χ1n) is 10.7. The zero-order valence-corrected chi connectivity index (χ0v) is 17.0. The molecular formula is C24H26N2O4. The molecule has 1 unspecified atom stereocenters. The number of benzene rings is 2. The van der Waals surface area contributed by atoms with Crippen molar-refractivity contribution in [3.8, 4) is 0 Å². The van der Waals surface area contributed by atoms with Crippen LogP contribution in [0, 0.1) is 0 Å². The minimum Gasteiger partial charge on any atom is -0.457 e. The number of anilines is 1. The Morgan fingerprint density at radius 1 is 1.07 bits per heavy atom. The second-order valence-corrected chi connectivity index (χ2v) is 8.32. The molecule has 6 heteroatoms. The Morgan fingerprint density at radius 3 is 2.70 bits per heavy atom. The lowest BCUT2D eigenvalue weighted by atomic mass is 10.1. The summed E-state index contributed by atoms with van der Waals surface area (Å²) >= 11 is 0. The van der Waals surface area contributed by atoms with Crippen molar-refractivity contribution in [3.63, 3.8) is 0 Å². The first-order valence-corrected chi connectivity index (χ1v) is 10.7. The van der Waals surface area contributed by atoms with E-state index in [4.69, 9.17) is 9.47 Å². The van der Waals surface area contributed by atoms with Gasteiger partial charge in [-0.15, -0.1) is 0 Å². The number of carbonyl (C=O) groups is 2. The van der Waals surface area contributed by atoms with Crippen molar-refractivity contribution in [2.45, 2.75) is 38.3 Å². The topological polar surface area (TPSA) is 59.1 Å². The van der Waals surface area contributed by atoms with E-state index in [-0.39, 0.29) is 18.2 Å². The normalized spacial score (nSPS) is 21.0. The summed E-state index contributed by atoms with van der Waals surface area (Å²) in [6.07, 6.45) is 4.10. The highest BCUT2D eigenvalue weighted by atomic mass is 16.6. The van der Waals surface area contributed by atoms with Crippen LogP contribution in [0.25, 0.3) is 0 Å². The number of hydrogen-bond donors (Lipinski definition) is 0. The van der Waals surface area contributed by atoms with Gasteiger partial charge in [0.15, 0.2) is 0 Å². The van der Waals surface area contributed by atoms with Gasteiger partial charge >= 0.3 is 12.1 Å². The predicted octanol–water partition coefficient (Wildman–Crippen LogP) is 3.56. The molecule has 2 fully saturated rings. The number of fused-ring (bicyclic) bond motifs is 1. The number of ether oxygens (including phenoxy) is 2. The quantitative estimate of drug-likeness (QED) is 0.711. The molecule has 30 heavy (non-hydrogen) atoms. The summed E-state index contributed by atoms with van der Waals surface area (Å²) in [5.74, 6) is -0.310. The minimum atomic E-state index is -0.347. The standard InChI is InChI=1S/C24H26N2O4/c27-23(19-6-8-21(9-7-19)26-12-13-29-24(26)28)30-22-10-11-25(16-22)15-17-4-5-18-2-1-3-20(18)14-17/h4-9,14,22H,1-3,10-13,15-16H2. The zero-order chi connectivity index (χ0) is 20.5. The van der Waals surface area contributed by atoms with E-state index >= 15 is 0 Å². The smallest absolute Gasteiger partial charge is 0.414 e. The number of nitrogens with zero attached hydrogens (tertiary/aromatic N) is 2. The SMILES string of the molecule is O=C(OC1CCN(Cc2ccc3c(c2)CCC3)C1)c1ccc(N2CCOC2=O)cc1. The van der Waals surface area contributed by atoms with Crippen LogP contribution in [0.4, 0.5) is 10.5 Å². The first kappa shape index (κ1) is 19.1. The van der Waals surface area contributed by atoms with Gasteiger partial charge in [0.05, 0.1) is 12.1 Å². The molecule has 156 valence electrons. The van der Waals surface area contributed by atoms with Crippen LogP contribution in [0.3, 0.4) is 0 Å². The maximum atomic E-state index is 12.5. The molecule has 2 aromatic rings. The van der Waals surface area contributed by atoms with Gasteiger partial charge in [0, 0.05) is 25.3 Å². The lowest BCUT2D eigenvalue weighted by Crippen LogP contribution is -2.25. The van der Waals surface area contributed by atoms with Gasteiger partial charge in [0.1, 0.15) is 12.7 Å². The second-order valence-electron chi connectivity index (χ2n) is 8.32. The Morgan fingerprint density at radius 2 is 1.90 bits per heavy atom. The summed E-state index contributed by atoms with van der Waals surface area (Å²) in [6, 6.07) is 13.8. The van der Waals surface area contributed by atoms with Crippen molar-refractivity contribution in [1.82, 2.24) is 4.90 Å². The average molecular weight is 406 g/mol. The van der Waals surface area contributed by atoms with Crippen LogP contribution >= 0.6 is 0 Å². The highest BCUT2D eigenvalue weighted by Crippen LogP contribution is 2.25. The molecule has 0 N–H and O–H groups in total. The molecule has 2 heterocycles. The van der Waals surface area contributed by atoms with Crippen molar-refractivity contribution < 1.29 is 19.1 Å². The van der Waals surface area contributed by atoms with Crippen molar-refractivity contribution in [3.05, 3.63) is 64.7 Å². The number of amides is 1. The van der Waals surface area contributed by atoms with Crippen molar-refractivity contribution in [2.24, 2.45) is 0 Å². The van der Waals surface area contributed by atoms with E-state index in [9.17, 15) is 9.59 Å². The third-order valence-corrected chi connectivity index (χ3v) is 6.25.